The molecule has 0 aliphatic heterocycles. The van der Waals surface area contributed by atoms with E-state index in [1.807, 2.05) is 36.6 Å². The summed E-state index contributed by atoms with van der Waals surface area (Å²) in [4.78, 5) is 29.3. The number of halogens is 1. The number of anilines is 1. The average molecular weight is 423 g/mol. The largest absolute Gasteiger partial charge is 0.347 e. The van der Waals surface area contributed by atoms with Crippen molar-refractivity contribution in [2.45, 2.75) is 13.3 Å². The van der Waals surface area contributed by atoms with E-state index in [9.17, 15) is 14.0 Å². The highest BCUT2D eigenvalue weighted by molar-refractivity contribution is 7.15. The molecule has 0 atom stereocenters. The predicted molar refractivity (Wildman–Crippen MR) is 113 cm³/mol. The van der Waals surface area contributed by atoms with Gasteiger partial charge < -0.3 is 10.6 Å². The van der Waals surface area contributed by atoms with Gasteiger partial charge in [0.25, 0.3) is 0 Å². The van der Waals surface area contributed by atoms with Crippen LogP contribution in [0.5, 0.6) is 0 Å². The van der Waals surface area contributed by atoms with E-state index in [2.05, 4.69) is 20.7 Å². The van der Waals surface area contributed by atoms with E-state index >= 15 is 0 Å². The Kier molecular flexibility index (Phi) is 5.53. The first-order chi connectivity index (χ1) is 14.5. The van der Waals surface area contributed by atoms with Gasteiger partial charge in [-0.1, -0.05) is 29.8 Å². The maximum atomic E-state index is 12.9. The third-order valence-corrected chi connectivity index (χ3v) is 5.30. The molecule has 2 amide bonds. The molecule has 4 aromatic rings. The van der Waals surface area contributed by atoms with Crippen molar-refractivity contribution in [1.82, 2.24) is 19.9 Å². The van der Waals surface area contributed by atoms with Gasteiger partial charge in [-0.3, -0.25) is 9.59 Å². The second-order valence-electron chi connectivity index (χ2n) is 6.69. The lowest BCUT2D eigenvalue weighted by molar-refractivity contribution is -0.136. The maximum absolute atomic E-state index is 12.9. The molecular weight excluding hydrogens is 405 g/mol. The first-order valence-electron chi connectivity index (χ1n) is 9.24. The molecule has 9 heteroatoms. The third kappa shape index (κ3) is 4.36. The Balaban J connectivity index is 1.35. The molecule has 2 N–H and O–H groups in total. The summed E-state index contributed by atoms with van der Waals surface area (Å²) in [7, 11) is 0. The molecule has 0 saturated carbocycles. The summed E-state index contributed by atoms with van der Waals surface area (Å²) in [6.45, 7) is 2.29. The monoisotopic (exact) mass is 423 g/mol. The molecule has 152 valence electrons. The minimum atomic E-state index is -0.806. The van der Waals surface area contributed by atoms with Crippen LogP contribution in [0.3, 0.4) is 0 Å². The van der Waals surface area contributed by atoms with Crippen LogP contribution in [0.15, 0.2) is 53.9 Å². The summed E-state index contributed by atoms with van der Waals surface area (Å²) < 4.78 is 14.7. The number of thiazole rings is 1. The standard InChI is InChI=1S/C21H18FN5O2S/c1-13-2-4-14(5-3-13)18-25-21-27(26-18)17(12-30-21)10-11-23-19(28)20(29)24-16-8-6-15(22)7-9-16/h2-9,12H,10-11H2,1H3,(H,23,28)(H,24,29). The van der Waals surface area contributed by atoms with Crippen LogP contribution in [0.4, 0.5) is 10.1 Å². The van der Waals surface area contributed by atoms with E-state index in [4.69, 9.17) is 0 Å². The van der Waals surface area contributed by atoms with Crippen molar-refractivity contribution < 1.29 is 14.0 Å². The van der Waals surface area contributed by atoms with Crippen LogP contribution in [0, 0.1) is 12.7 Å². The Morgan fingerprint density at radius 3 is 2.53 bits per heavy atom. The van der Waals surface area contributed by atoms with Gasteiger partial charge in [-0.25, -0.2) is 8.91 Å². The molecule has 0 radical (unpaired) electrons. The zero-order valence-electron chi connectivity index (χ0n) is 16.1. The summed E-state index contributed by atoms with van der Waals surface area (Å²) >= 11 is 1.47. The molecule has 7 nitrogen and oxygen atoms in total. The van der Waals surface area contributed by atoms with Crippen molar-refractivity contribution in [3.8, 4) is 11.4 Å². The Hall–Kier alpha value is -3.59. The van der Waals surface area contributed by atoms with Crippen LogP contribution in [-0.4, -0.2) is 33.0 Å². The number of hydrogen-bond donors (Lipinski definition) is 2. The van der Waals surface area contributed by atoms with Crippen molar-refractivity contribution in [3.63, 3.8) is 0 Å². The number of amides is 2. The summed E-state index contributed by atoms with van der Waals surface area (Å²) in [5, 5.41) is 11.5. The topological polar surface area (TPSA) is 88.4 Å². The summed E-state index contributed by atoms with van der Waals surface area (Å²) in [5.74, 6) is -1.34. The number of benzene rings is 2. The van der Waals surface area contributed by atoms with Crippen LogP contribution in [0.2, 0.25) is 0 Å². The highest BCUT2D eigenvalue weighted by atomic mass is 32.1. The van der Waals surface area contributed by atoms with Gasteiger partial charge in [-0.15, -0.1) is 16.4 Å². The first kappa shape index (κ1) is 19.7. The Morgan fingerprint density at radius 2 is 1.80 bits per heavy atom. The molecule has 4 rings (SSSR count). The van der Waals surface area contributed by atoms with Crippen molar-refractivity contribution in [3.05, 3.63) is 71.0 Å². The molecule has 0 bridgehead atoms. The van der Waals surface area contributed by atoms with Gasteiger partial charge in [0.2, 0.25) is 4.96 Å². The molecule has 0 spiro atoms. The molecule has 0 fully saturated rings. The molecule has 30 heavy (non-hydrogen) atoms. The first-order valence-corrected chi connectivity index (χ1v) is 10.1. The van der Waals surface area contributed by atoms with Crippen molar-refractivity contribution in [2.75, 3.05) is 11.9 Å². The zero-order chi connectivity index (χ0) is 21.1. The number of fused-ring (bicyclic) bond motifs is 1. The van der Waals surface area contributed by atoms with Crippen molar-refractivity contribution >= 4 is 33.8 Å². The van der Waals surface area contributed by atoms with Gasteiger partial charge in [0.1, 0.15) is 5.82 Å². The number of aryl methyl sites for hydroxylation is 1. The third-order valence-electron chi connectivity index (χ3n) is 4.43. The van der Waals surface area contributed by atoms with E-state index in [0.717, 1.165) is 16.2 Å². The quantitative estimate of drug-likeness (QED) is 0.483. The number of rotatable bonds is 5. The van der Waals surface area contributed by atoms with Crippen LogP contribution < -0.4 is 10.6 Å². The minimum absolute atomic E-state index is 0.265. The van der Waals surface area contributed by atoms with E-state index < -0.39 is 17.6 Å². The number of carbonyl (C=O) groups is 2. The number of hydrogen-bond acceptors (Lipinski definition) is 5. The fourth-order valence-corrected chi connectivity index (χ4v) is 3.68. The Labute approximate surface area is 175 Å². The van der Waals surface area contributed by atoms with Crippen molar-refractivity contribution in [1.29, 1.82) is 0 Å². The maximum Gasteiger partial charge on any atom is 0.313 e. The fourth-order valence-electron chi connectivity index (χ4n) is 2.83. The lowest BCUT2D eigenvalue weighted by Crippen LogP contribution is -2.36. The number of nitrogens with one attached hydrogen (secondary N) is 2. The van der Waals surface area contributed by atoms with E-state index in [1.165, 1.54) is 41.2 Å². The number of nitrogens with zero attached hydrogens (tertiary/aromatic N) is 3. The smallest absolute Gasteiger partial charge is 0.313 e. The lowest BCUT2D eigenvalue weighted by atomic mass is 10.1. The van der Waals surface area contributed by atoms with Crippen LogP contribution in [0.1, 0.15) is 11.3 Å². The molecule has 0 aliphatic rings. The number of aromatic nitrogens is 3. The molecule has 0 unspecified atom stereocenters. The minimum Gasteiger partial charge on any atom is -0.347 e. The second-order valence-corrected chi connectivity index (χ2v) is 7.53. The van der Waals surface area contributed by atoms with Crippen LogP contribution in [-0.2, 0) is 16.0 Å². The van der Waals surface area contributed by atoms with Gasteiger partial charge in [-0.2, -0.15) is 4.98 Å². The van der Waals surface area contributed by atoms with Crippen molar-refractivity contribution in [2.24, 2.45) is 0 Å². The molecule has 0 saturated heterocycles. The summed E-state index contributed by atoms with van der Waals surface area (Å²) in [5.41, 5.74) is 3.34. The van der Waals surface area contributed by atoms with Gasteiger partial charge in [0.05, 0.1) is 5.69 Å². The summed E-state index contributed by atoms with van der Waals surface area (Å²) in [6.07, 6.45) is 0.492. The zero-order valence-corrected chi connectivity index (χ0v) is 16.9. The van der Waals surface area contributed by atoms with Gasteiger partial charge >= 0.3 is 11.8 Å². The second kappa shape index (κ2) is 8.42. The molecule has 2 aromatic carbocycles. The van der Waals surface area contributed by atoms with Crippen LogP contribution in [0.25, 0.3) is 16.3 Å². The summed E-state index contributed by atoms with van der Waals surface area (Å²) in [6, 6.07) is 13.2. The lowest BCUT2D eigenvalue weighted by Gasteiger charge is -2.06. The van der Waals surface area contributed by atoms with Crippen LogP contribution >= 0.6 is 11.3 Å². The molecule has 2 aromatic heterocycles. The highest BCUT2D eigenvalue weighted by Crippen LogP contribution is 2.21. The van der Waals surface area contributed by atoms with E-state index in [0.29, 0.717) is 17.9 Å². The van der Waals surface area contributed by atoms with Gasteiger partial charge in [0, 0.05) is 29.6 Å². The Bertz CT molecular complexity index is 1200. The fraction of sp³-hybridized carbons (Fsp3) is 0.143. The molecule has 0 aliphatic carbocycles. The van der Waals surface area contributed by atoms with E-state index in [-0.39, 0.29) is 6.54 Å². The normalized spacial score (nSPS) is 10.9. The predicted octanol–water partition coefficient (Wildman–Crippen LogP) is 3.20. The number of carbonyl (C=O) groups excluding carboxylic acids is 2. The molecule has 2 heterocycles. The average Bonchev–Trinajstić information content (AvgIpc) is 3.32. The SMILES string of the molecule is Cc1ccc(-c2nc3scc(CCNC(=O)C(=O)Nc4ccc(F)cc4)n3n2)cc1. The van der Waals surface area contributed by atoms with E-state index in [1.54, 1.807) is 4.52 Å². The van der Waals surface area contributed by atoms with Gasteiger partial charge in [-0.05, 0) is 31.2 Å². The highest BCUT2D eigenvalue weighted by Gasteiger charge is 2.15. The molecular formula is C21H18FN5O2S. The van der Waals surface area contributed by atoms with Gasteiger partial charge in [0.15, 0.2) is 5.82 Å². The Morgan fingerprint density at radius 1 is 1.07 bits per heavy atom.